The number of halogens is 1. The Morgan fingerprint density at radius 2 is 2.03 bits per heavy atom. The van der Waals surface area contributed by atoms with Gasteiger partial charge in [-0.1, -0.05) is 5.16 Å². The number of quaternary nitrogens is 1. The van der Waals surface area contributed by atoms with Crippen LogP contribution in [0, 0.1) is 5.82 Å². The maximum Gasteiger partial charge on any atom is 0.255 e. The number of ether oxygens (including phenoxy) is 1. The molecule has 0 spiro atoms. The second-order valence-electron chi connectivity index (χ2n) is 7.47. The average Bonchev–Trinajstić information content (AvgIpc) is 3.26. The van der Waals surface area contributed by atoms with E-state index in [1.165, 1.54) is 12.1 Å². The molecule has 1 aromatic heterocycles. The Labute approximate surface area is 186 Å². The molecule has 3 heterocycles. The van der Waals surface area contributed by atoms with Crippen LogP contribution in [-0.4, -0.2) is 24.1 Å². The van der Waals surface area contributed by atoms with Crippen molar-refractivity contribution in [2.45, 2.75) is 0 Å². The van der Waals surface area contributed by atoms with Gasteiger partial charge in [-0.2, -0.15) is 9.48 Å². The molecular formula is C24H18FN4O4+. The third-order valence-corrected chi connectivity index (χ3v) is 5.39. The second-order valence-corrected chi connectivity index (χ2v) is 7.47. The van der Waals surface area contributed by atoms with Gasteiger partial charge in [0.05, 0.1) is 5.39 Å². The lowest BCUT2D eigenvalue weighted by molar-refractivity contribution is -0.119. The number of aliphatic imine (C=N–C) groups is 1. The molecule has 0 aliphatic carbocycles. The smallest absolute Gasteiger partial charge is 0.255 e. The molecule has 164 valence electrons. The van der Waals surface area contributed by atoms with Crippen molar-refractivity contribution in [3.8, 4) is 5.75 Å². The van der Waals surface area contributed by atoms with Gasteiger partial charge in [0.2, 0.25) is 6.34 Å². The molecule has 0 saturated heterocycles. The lowest BCUT2D eigenvalue weighted by Gasteiger charge is -2.29. The number of primary amides is 1. The number of rotatable bonds is 5. The Balaban J connectivity index is 1.53. The molecular weight excluding hydrogens is 427 g/mol. The number of carbonyl (C=O) groups is 1. The molecule has 1 atom stereocenters. The quantitative estimate of drug-likeness (QED) is 0.356. The minimum Gasteiger partial charge on any atom is -0.484 e. The number of nitrogens with zero attached hydrogens (tertiary/aromatic N) is 3. The Hall–Kier alpha value is -4.50. The number of amides is 1. The van der Waals surface area contributed by atoms with Crippen LogP contribution >= 0.6 is 0 Å². The minimum absolute atomic E-state index is 0.217. The van der Waals surface area contributed by atoms with Gasteiger partial charge < -0.3 is 20.1 Å². The van der Waals surface area contributed by atoms with Gasteiger partial charge >= 0.3 is 0 Å². The third kappa shape index (κ3) is 3.60. The molecule has 2 aromatic carbocycles. The van der Waals surface area contributed by atoms with Gasteiger partial charge in [-0.25, -0.2) is 4.39 Å². The zero-order valence-electron chi connectivity index (χ0n) is 17.2. The highest BCUT2D eigenvalue weighted by Gasteiger charge is 2.37. The van der Waals surface area contributed by atoms with Gasteiger partial charge in [0.1, 0.15) is 40.1 Å². The van der Waals surface area contributed by atoms with Gasteiger partial charge in [-0.05, 0) is 36.4 Å². The fourth-order valence-corrected chi connectivity index (χ4v) is 3.80. The molecule has 33 heavy (non-hydrogen) atoms. The first-order valence-corrected chi connectivity index (χ1v) is 9.97. The maximum absolute atomic E-state index is 13.4. The highest BCUT2D eigenvalue weighted by Crippen LogP contribution is 2.37. The maximum atomic E-state index is 13.4. The number of hydrogen-bond donors (Lipinski definition) is 2. The highest BCUT2D eigenvalue weighted by molar-refractivity contribution is 5.91. The van der Waals surface area contributed by atoms with Crippen LogP contribution in [0.1, 0.15) is 5.76 Å². The van der Waals surface area contributed by atoms with Crippen molar-refractivity contribution in [1.29, 1.82) is 0 Å². The number of carbonyl (C=O) groups excluding carboxylic acids is 1. The molecule has 0 radical (unpaired) electrons. The SMILES string of the molecule is NC(=O)COc1ccc2oc(C3=CC4=CC=C[N+]4(c4ccc(F)cc4)C=N3)cc(=NO)c2c1. The lowest BCUT2D eigenvalue weighted by atomic mass is 10.1. The van der Waals surface area contributed by atoms with Crippen molar-refractivity contribution in [1.82, 2.24) is 4.48 Å². The molecule has 0 bridgehead atoms. The van der Waals surface area contributed by atoms with E-state index in [-0.39, 0.29) is 22.3 Å². The summed E-state index contributed by atoms with van der Waals surface area (Å²) in [6.45, 7) is -0.273. The van der Waals surface area contributed by atoms with Crippen molar-refractivity contribution >= 4 is 34.6 Å². The van der Waals surface area contributed by atoms with Gasteiger partial charge in [0, 0.05) is 30.4 Å². The van der Waals surface area contributed by atoms with E-state index in [0.29, 0.717) is 28.2 Å². The van der Waals surface area contributed by atoms with E-state index in [2.05, 4.69) is 10.1 Å². The molecule has 0 fully saturated rings. The molecule has 1 amide bonds. The van der Waals surface area contributed by atoms with Crippen molar-refractivity contribution in [2.75, 3.05) is 6.61 Å². The summed E-state index contributed by atoms with van der Waals surface area (Å²) >= 11 is 0. The fraction of sp³-hybridized carbons (Fsp3) is 0.0417. The molecule has 1 unspecified atom stereocenters. The summed E-state index contributed by atoms with van der Waals surface area (Å²) in [5.74, 6) is -0.140. The molecule has 8 nitrogen and oxygen atoms in total. The average molecular weight is 445 g/mol. The van der Waals surface area contributed by atoms with E-state index in [9.17, 15) is 14.4 Å². The lowest BCUT2D eigenvalue weighted by Crippen LogP contribution is -2.40. The number of nitrogens with two attached hydrogens (primary N) is 1. The summed E-state index contributed by atoms with van der Waals surface area (Å²) in [4.78, 5) is 15.6. The summed E-state index contributed by atoms with van der Waals surface area (Å²) in [6.07, 6.45) is 9.38. The first kappa shape index (κ1) is 20.4. The Morgan fingerprint density at radius 1 is 1.21 bits per heavy atom. The molecule has 0 saturated carbocycles. The van der Waals surface area contributed by atoms with Gasteiger partial charge in [-0.3, -0.25) is 4.79 Å². The first-order valence-electron chi connectivity index (χ1n) is 9.97. The standard InChI is InChI=1S/C24H17FN4O4/c25-15-3-5-16(6-4-15)29-9-1-2-17(29)10-21(27-14-29)23-12-20(28-31)19-11-18(32-13-24(26)30)7-8-22(19)33-23/h1-12,14H,13H2,(H2-,26,30,31)/p+1. The highest BCUT2D eigenvalue weighted by atomic mass is 19.1. The van der Waals surface area contributed by atoms with Crippen LogP contribution in [0.3, 0.4) is 0 Å². The zero-order valence-corrected chi connectivity index (χ0v) is 17.2. The van der Waals surface area contributed by atoms with Crippen molar-refractivity contribution < 1.29 is 23.5 Å². The molecule has 2 aliphatic rings. The van der Waals surface area contributed by atoms with Crippen LogP contribution < -0.4 is 20.3 Å². The third-order valence-electron chi connectivity index (χ3n) is 5.39. The van der Waals surface area contributed by atoms with E-state index in [1.54, 1.807) is 42.7 Å². The van der Waals surface area contributed by atoms with E-state index in [4.69, 9.17) is 14.9 Å². The van der Waals surface area contributed by atoms with Crippen molar-refractivity contribution in [3.05, 3.63) is 95.6 Å². The molecule has 5 rings (SSSR count). The number of benzene rings is 2. The predicted octanol–water partition coefficient (Wildman–Crippen LogP) is 3.53. The van der Waals surface area contributed by atoms with Crippen molar-refractivity contribution in [2.24, 2.45) is 15.9 Å². The summed E-state index contributed by atoms with van der Waals surface area (Å²) in [6, 6.07) is 12.7. The normalized spacial score (nSPS) is 19.4. The van der Waals surface area contributed by atoms with E-state index in [0.717, 1.165) is 11.4 Å². The molecule has 9 heteroatoms. The van der Waals surface area contributed by atoms with E-state index < -0.39 is 5.91 Å². The summed E-state index contributed by atoms with van der Waals surface area (Å²) in [5, 5.41) is 13.7. The molecule has 2 aliphatic heterocycles. The van der Waals surface area contributed by atoms with E-state index >= 15 is 0 Å². The molecule has 3 N–H and O–H groups in total. The Kier molecular flexibility index (Phi) is 4.87. The predicted molar refractivity (Wildman–Crippen MR) is 120 cm³/mol. The molecule has 3 aromatic rings. The van der Waals surface area contributed by atoms with Gasteiger partial charge in [0.25, 0.3) is 5.91 Å². The van der Waals surface area contributed by atoms with E-state index in [1.807, 2.05) is 24.4 Å². The Morgan fingerprint density at radius 3 is 2.79 bits per heavy atom. The van der Waals surface area contributed by atoms with Crippen LogP contribution in [0.5, 0.6) is 5.75 Å². The fourth-order valence-electron chi connectivity index (χ4n) is 3.80. The zero-order chi connectivity index (χ0) is 23.0. The number of allylic oxidation sites excluding steroid dienone is 3. The largest absolute Gasteiger partial charge is 0.484 e. The first-order chi connectivity index (χ1) is 16.0. The number of hydrogen-bond acceptors (Lipinski definition) is 6. The second kappa shape index (κ2) is 7.88. The Bertz CT molecular complexity index is 1470. The van der Waals surface area contributed by atoms with Crippen LogP contribution in [-0.2, 0) is 4.79 Å². The van der Waals surface area contributed by atoms with Crippen molar-refractivity contribution in [3.63, 3.8) is 0 Å². The van der Waals surface area contributed by atoms with Crippen LogP contribution in [0.2, 0.25) is 0 Å². The topological polar surface area (TPSA) is 110 Å². The summed E-state index contributed by atoms with van der Waals surface area (Å²) in [5.41, 5.74) is 7.80. The van der Waals surface area contributed by atoms with Gasteiger partial charge in [-0.15, -0.1) is 0 Å². The minimum atomic E-state index is -0.602. The number of fused-ring (bicyclic) bond motifs is 2. The van der Waals surface area contributed by atoms with Crippen LogP contribution in [0.15, 0.2) is 93.2 Å². The van der Waals surface area contributed by atoms with Crippen LogP contribution in [0.25, 0.3) is 16.7 Å². The summed E-state index contributed by atoms with van der Waals surface area (Å²) < 4.78 is 25.0. The van der Waals surface area contributed by atoms with Crippen LogP contribution in [0.4, 0.5) is 10.1 Å². The van der Waals surface area contributed by atoms with Gasteiger partial charge in [0.15, 0.2) is 18.1 Å². The monoisotopic (exact) mass is 445 g/mol. The summed E-state index contributed by atoms with van der Waals surface area (Å²) in [7, 11) is 0.